The fourth-order valence-electron chi connectivity index (χ4n) is 1.33. The third kappa shape index (κ3) is 3.00. The summed E-state index contributed by atoms with van der Waals surface area (Å²) in [5, 5.41) is 9.08. The van der Waals surface area contributed by atoms with E-state index < -0.39 is 12.0 Å². The topological polar surface area (TPSA) is 23.5 Å². The van der Waals surface area contributed by atoms with Crippen LogP contribution in [0.2, 0.25) is 0 Å². The predicted molar refractivity (Wildman–Crippen MR) is 50.1 cm³/mol. The number of β-amino-alcohol motifs (C(OH)–C–C–N with tert-alkyl or cyclic N) is 1. The number of nitrogens with zero attached hydrogens (tertiary/aromatic N) is 1. The molecule has 0 aromatic carbocycles. The molecule has 1 N–H and O–H groups in total. The first-order valence-corrected chi connectivity index (χ1v) is 4.82. The fraction of sp³-hybridized carbons (Fsp3) is 0.750. The molecule has 0 bridgehead atoms. The summed E-state index contributed by atoms with van der Waals surface area (Å²) in [6.07, 6.45) is -1.83. The first-order valence-electron chi connectivity index (χ1n) is 4.03. The van der Waals surface area contributed by atoms with E-state index in [2.05, 4.69) is 22.5 Å². The Kier molecular flexibility index (Phi) is 3.43. The van der Waals surface area contributed by atoms with Gasteiger partial charge in [-0.25, -0.2) is 8.78 Å². The fourth-order valence-corrected chi connectivity index (χ4v) is 1.68. The van der Waals surface area contributed by atoms with Gasteiger partial charge in [-0.3, -0.25) is 4.90 Å². The quantitative estimate of drug-likeness (QED) is 0.811. The highest BCUT2D eigenvalue weighted by Crippen LogP contribution is 2.28. The molecule has 1 aliphatic heterocycles. The molecule has 0 spiro atoms. The van der Waals surface area contributed by atoms with Crippen molar-refractivity contribution in [3.8, 4) is 0 Å². The van der Waals surface area contributed by atoms with Crippen molar-refractivity contribution in [3.05, 3.63) is 11.1 Å². The number of alkyl halides is 2. The number of likely N-dealkylation sites (tertiary alicyclic amines) is 1. The van der Waals surface area contributed by atoms with Crippen molar-refractivity contribution < 1.29 is 13.9 Å². The van der Waals surface area contributed by atoms with Gasteiger partial charge in [-0.05, 0) is 0 Å². The predicted octanol–water partition coefficient (Wildman–Crippen LogP) is 1.60. The molecule has 1 rings (SSSR count). The normalized spacial score (nSPS) is 28.8. The Balaban J connectivity index is 2.46. The minimum atomic E-state index is -2.93. The summed E-state index contributed by atoms with van der Waals surface area (Å²) in [4.78, 5) is 1.75. The van der Waals surface area contributed by atoms with Gasteiger partial charge >= 0.3 is 0 Å². The maximum atomic E-state index is 12.8. The van der Waals surface area contributed by atoms with Crippen LogP contribution >= 0.6 is 15.9 Å². The molecule has 1 atom stereocenters. The molecule has 0 aromatic rings. The van der Waals surface area contributed by atoms with Crippen molar-refractivity contribution in [2.75, 3.05) is 19.6 Å². The van der Waals surface area contributed by atoms with Gasteiger partial charge in [0, 0.05) is 30.5 Å². The zero-order valence-corrected chi connectivity index (χ0v) is 8.73. The summed E-state index contributed by atoms with van der Waals surface area (Å²) in [5.74, 6) is -2.93. The lowest BCUT2D eigenvalue weighted by molar-refractivity contribution is -0.145. The Morgan fingerprint density at radius 3 is 2.77 bits per heavy atom. The van der Waals surface area contributed by atoms with E-state index >= 15 is 0 Å². The Labute approximate surface area is 84.4 Å². The molecule has 0 saturated carbocycles. The third-order valence-electron chi connectivity index (χ3n) is 2.08. The van der Waals surface area contributed by atoms with E-state index in [1.165, 1.54) is 0 Å². The van der Waals surface area contributed by atoms with Crippen LogP contribution in [0.3, 0.4) is 0 Å². The van der Waals surface area contributed by atoms with E-state index in [0.717, 1.165) is 4.48 Å². The SMILES string of the molecule is C=C(Br)CN1CCC(F)(F)C(O)C1. The average molecular weight is 256 g/mol. The van der Waals surface area contributed by atoms with Gasteiger partial charge < -0.3 is 5.11 Å². The second-order valence-corrected chi connectivity index (χ2v) is 4.40. The zero-order valence-electron chi connectivity index (χ0n) is 7.14. The second-order valence-electron chi connectivity index (χ2n) is 3.28. The highest BCUT2D eigenvalue weighted by atomic mass is 79.9. The number of hydrogen-bond acceptors (Lipinski definition) is 2. The van der Waals surface area contributed by atoms with E-state index in [-0.39, 0.29) is 13.0 Å². The summed E-state index contributed by atoms with van der Waals surface area (Å²) >= 11 is 3.15. The van der Waals surface area contributed by atoms with Gasteiger partial charge in [0.25, 0.3) is 5.92 Å². The molecule has 0 radical (unpaired) electrons. The summed E-state index contributed by atoms with van der Waals surface area (Å²) < 4.78 is 26.3. The molecule has 0 aliphatic carbocycles. The molecular formula is C8H12BrF2NO. The average Bonchev–Trinajstić information content (AvgIpc) is 1.97. The van der Waals surface area contributed by atoms with Crippen molar-refractivity contribution in [1.29, 1.82) is 0 Å². The van der Waals surface area contributed by atoms with Crippen LogP contribution in [0.4, 0.5) is 8.78 Å². The van der Waals surface area contributed by atoms with Crippen LogP contribution in [-0.4, -0.2) is 41.7 Å². The van der Waals surface area contributed by atoms with Gasteiger partial charge in [0.2, 0.25) is 0 Å². The molecule has 1 heterocycles. The monoisotopic (exact) mass is 255 g/mol. The van der Waals surface area contributed by atoms with Crippen LogP contribution < -0.4 is 0 Å². The standard InChI is InChI=1S/C8H12BrF2NO/c1-6(9)4-12-3-2-8(10,11)7(13)5-12/h7,13H,1-5H2. The Hall–Kier alpha value is -0.0000000000000000486. The molecule has 13 heavy (non-hydrogen) atoms. The largest absolute Gasteiger partial charge is 0.386 e. The van der Waals surface area contributed by atoms with Crippen molar-refractivity contribution in [3.63, 3.8) is 0 Å². The van der Waals surface area contributed by atoms with Crippen molar-refractivity contribution in [2.24, 2.45) is 0 Å². The second kappa shape index (κ2) is 4.02. The Bertz CT molecular complexity index is 210. The summed E-state index contributed by atoms with van der Waals surface area (Å²) in [7, 11) is 0. The first kappa shape index (κ1) is 11.1. The number of hydrogen-bond donors (Lipinski definition) is 1. The summed E-state index contributed by atoms with van der Waals surface area (Å²) in [5.41, 5.74) is 0. The number of piperidine rings is 1. The molecule has 1 unspecified atom stereocenters. The number of aliphatic hydroxyl groups excluding tert-OH is 1. The van der Waals surface area contributed by atoms with Gasteiger partial charge in [-0.1, -0.05) is 22.5 Å². The van der Waals surface area contributed by atoms with Crippen molar-refractivity contribution in [1.82, 2.24) is 4.90 Å². The number of halogens is 3. The lowest BCUT2D eigenvalue weighted by Gasteiger charge is -2.35. The van der Waals surface area contributed by atoms with E-state index in [0.29, 0.717) is 13.1 Å². The molecular weight excluding hydrogens is 244 g/mol. The van der Waals surface area contributed by atoms with Gasteiger partial charge in [-0.2, -0.15) is 0 Å². The van der Waals surface area contributed by atoms with Crippen LogP contribution in [0, 0.1) is 0 Å². The highest BCUT2D eigenvalue weighted by Gasteiger charge is 2.42. The van der Waals surface area contributed by atoms with E-state index in [4.69, 9.17) is 5.11 Å². The molecule has 0 aromatic heterocycles. The number of aliphatic hydroxyl groups is 1. The molecule has 1 fully saturated rings. The first-order chi connectivity index (χ1) is 5.92. The molecule has 1 aliphatic rings. The maximum Gasteiger partial charge on any atom is 0.275 e. The molecule has 76 valence electrons. The van der Waals surface area contributed by atoms with Crippen LogP contribution in [0.25, 0.3) is 0 Å². The molecule has 5 heteroatoms. The minimum Gasteiger partial charge on any atom is -0.386 e. The maximum absolute atomic E-state index is 12.8. The van der Waals surface area contributed by atoms with E-state index in [1.807, 2.05) is 0 Å². The zero-order chi connectivity index (χ0) is 10.1. The third-order valence-corrected chi connectivity index (χ3v) is 2.33. The van der Waals surface area contributed by atoms with Crippen LogP contribution in [0.15, 0.2) is 11.1 Å². The smallest absolute Gasteiger partial charge is 0.275 e. The minimum absolute atomic E-state index is 0.0115. The van der Waals surface area contributed by atoms with Gasteiger partial charge in [-0.15, -0.1) is 0 Å². The highest BCUT2D eigenvalue weighted by molar-refractivity contribution is 9.11. The lowest BCUT2D eigenvalue weighted by atomic mass is 10.0. The van der Waals surface area contributed by atoms with Crippen LogP contribution in [-0.2, 0) is 0 Å². The van der Waals surface area contributed by atoms with E-state index in [9.17, 15) is 8.78 Å². The Morgan fingerprint density at radius 1 is 1.69 bits per heavy atom. The molecule has 0 amide bonds. The van der Waals surface area contributed by atoms with Gasteiger partial charge in [0.1, 0.15) is 6.10 Å². The van der Waals surface area contributed by atoms with Crippen molar-refractivity contribution in [2.45, 2.75) is 18.4 Å². The number of rotatable bonds is 2. The lowest BCUT2D eigenvalue weighted by Crippen LogP contribution is -2.50. The molecule has 1 saturated heterocycles. The van der Waals surface area contributed by atoms with Gasteiger partial charge in [0.15, 0.2) is 0 Å². The van der Waals surface area contributed by atoms with Crippen LogP contribution in [0.1, 0.15) is 6.42 Å². The van der Waals surface area contributed by atoms with Crippen molar-refractivity contribution >= 4 is 15.9 Å². The summed E-state index contributed by atoms with van der Waals surface area (Å²) in [6, 6.07) is 0. The van der Waals surface area contributed by atoms with Crippen LogP contribution in [0.5, 0.6) is 0 Å². The molecule has 2 nitrogen and oxygen atoms in total. The Morgan fingerprint density at radius 2 is 2.31 bits per heavy atom. The van der Waals surface area contributed by atoms with E-state index in [1.54, 1.807) is 4.90 Å². The van der Waals surface area contributed by atoms with Gasteiger partial charge in [0.05, 0.1) is 0 Å². The summed E-state index contributed by atoms with van der Waals surface area (Å²) in [6.45, 7) is 4.44.